The number of hydrogen-bond donors (Lipinski definition) is 0. The molecule has 0 saturated carbocycles. The molecule has 4 heteroatoms. The van der Waals surface area contributed by atoms with Gasteiger partial charge in [0.25, 0.3) is 0 Å². The second kappa shape index (κ2) is 5.72. The van der Waals surface area contributed by atoms with Crippen LogP contribution < -0.4 is 0 Å². The van der Waals surface area contributed by atoms with Crippen molar-refractivity contribution in [2.24, 2.45) is 0 Å². The van der Waals surface area contributed by atoms with Gasteiger partial charge in [0.1, 0.15) is 5.82 Å². The third kappa shape index (κ3) is 2.38. The van der Waals surface area contributed by atoms with Gasteiger partial charge in [0, 0.05) is 19.4 Å². The first-order valence-corrected chi connectivity index (χ1v) is 6.73. The Hall–Kier alpha value is -1.06. The lowest BCUT2D eigenvalue weighted by molar-refractivity contribution is 0.162. The molecule has 0 spiro atoms. The monoisotopic (exact) mass is 266 g/mol. The van der Waals surface area contributed by atoms with E-state index in [1.807, 2.05) is 6.07 Å². The highest BCUT2D eigenvalue weighted by Gasteiger charge is 2.16. The molecule has 0 fully saturated rings. The fourth-order valence-corrected chi connectivity index (χ4v) is 2.59. The number of ether oxygens (including phenoxy) is 1. The lowest BCUT2D eigenvalue weighted by Crippen LogP contribution is -2.15. The Morgan fingerprint density at radius 1 is 1.44 bits per heavy atom. The van der Waals surface area contributed by atoms with Gasteiger partial charge < -0.3 is 9.30 Å². The van der Waals surface area contributed by atoms with E-state index in [0.717, 1.165) is 17.8 Å². The van der Waals surface area contributed by atoms with Crippen molar-refractivity contribution in [2.45, 2.75) is 26.3 Å². The van der Waals surface area contributed by atoms with Crippen molar-refractivity contribution in [3.63, 3.8) is 0 Å². The van der Waals surface area contributed by atoms with Crippen LogP contribution in [0.4, 0.5) is 0 Å². The number of aromatic nitrogens is 2. The highest BCUT2D eigenvalue weighted by molar-refractivity contribution is 6.17. The van der Waals surface area contributed by atoms with Crippen LogP contribution in [-0.4, -0.2) is 29.1 Å². The first kappa shape index (κ1) is 13.4. The molecule has 0 aliphatic heterocycles. The SMILES string of the molecule is COCC(C)n1c(CCCl)nc2cccc(C)c21. The summed E-state index contributed by atoms with van der Waals surface area (Å²) in [7, 11) is 1.73. The predicted octanol–water partition coefficient (Wildman–Crippen LogP) is 3.33. The lowest BCUT2D eigenvalue weighted by Gasteiger charge is -2.17. The Morgan fingerprint density at radius 2 is 2.22 bits per heavy atom. The summed E-state index contributed by atoms with van der Waals surface area (Å²) < 4.78 is 7.53. The van der Waals surface area contributed by atoms with E-state index in [-0.39, 0.29) is 6.04 Å². The highest BCUT2D eigenvalue weighted by atomic mass is 35.5. The quantitative estimate of drug-likeness (QED) is 0.776. The average Bonchev–Trinajstić information content (AvgIpc) is 2.69. The minimum absolute atomic E-state index is 0.263. The van der Waals surface area contributed by atoms with Crippen molar-refractivity contribution < 1.29 is 4.74 Å². The molecule has 18 heavy (non-hydrogen) atoms. The average molecular weight is 267 g/mol. The van der Waals surface area contributed by atoms with E-state index in [4.69, 9.17) is 16.3 Å². The Labute approximate surface area is 113 Å². The molecule has 0 amide bonds. The Morgan fingerprint density at radius 3 is 2.89 bits per heavy atom. The van der Waals surface area contributed by atoms with Gasteiger partial charge in [0.15, 0.2) is 0 Å². The van der Waals surface area contributed by atoms with E-state index in [1.54, 1.807) is 7.11 Å². The first-order chi connectivity index (χ1) is 8.69. The smallest absolute Gasteiger partial charge is 0.111 e. The molecule has 0 N–H and O–H groups in total. The second-order valence-electron chi connectivity index (χ2n) is 4.58. The molecule has 0 aliphatic carbocycles. The second-order valence-corrected chi connectivity index (χ2v) is 4.96. The van der Waals surface area contributed by atoms with Crippen molar-refractivity contribution >= 4 is 22.6 Å². The standard InChI is InChI=1S/C14H19ClN2O/c1-10-5-4-6-12-14(10)17(11(2)9-18-3)13(16-12)7-8-15/h4-6,11H,7-9H2,1-3H3. The predicted molar refractivity (Wildman–Crippen MR) is 75.5 cm³/mol. The van der Waals surface area contributed by atoms with Crippen LogP contribution in [-0.2, 0) is 11.2 Å². The minimum Gasteiger partial charge on any atom is -0.383 e. The molecule has 0 bridgehead atoms. The topological polar surface area (TPSA) is 27.1 Å². The number of para-hydroxylation sites is 1. The maximum absolute atomic E-state index is 5.87. The third-order valence-electron chi connectivity index (χ3n) is 3.15. The molecular formula is C14H19ClN2O. The number of rotatable bonds is 5. The summed E-state index contributed by atoms with van der Waals surface area (Å²) in [5.74, 6) is 1.63. The fourth-order valence-electron chi connectivity index (χ4n) is 2.42. The van der Waals surface area contributed by atoms with E-state index in [9.17, 15) is 0 Å². The van der Waals surface area contributed by atoms with Crippen LogP contribution in [0, 0.1) is 6.92 Å². The number of methoxy groups -OCH3 is 1. The van der Waals surface area contributed by atoms with Crippen LogP contribution in [0.25, 0.3) is 11.0 Å². The fraction of sp³-hybridized carbons (Fsp3) is 0.500. The van der Waals surface area contributed by atoms with Gasteiger partial charge in [-0.1, -0.05) is 12.1 Å². The maximum Gasteiger partial charge on any atom is 0.111 e. The molecule has 1 heterocycles. The largest absolute Gasteiger partial charge is 0.383 e. The number of imidazole rings is 1. The van der Waals surface area contributed by atoms with Crippen LogP contribution in [0.5, 0.6) is 0 Å². The minimum atomic E-state index is 0.263. The normalized spacial score (nSPS) is 13.1. The molecule has 0 radical (unpaired) electrons. The van der Waals surface area contributed by atoms with Crippen LogP contribution in [0.15, 0.2) is 18.2 Å². The molecule has 0 aliphatic rings. The Kier molecular flexibility index (Phi) is 4.25. The van der Waals surface area contributed by atoms with Gasteiger partial charge in [-0.15, -0.1) is 11.6 Å². The summed E-state index contributed by atoms with van der Waals surface area (Å²) in [6.45, 7) is 4.94. The van der Waals surface area contributed by atoms with E-state index >= 15 is 0 Å². The number of alkyl halides is 1. The Bertz CT molecular complexity index is 536. The maximum atomic E-state index is 5.87. The molecule has 1 atom stereocenters. The molecule has 1 aromatic heterocycles. The van der Waals surface area contributed by atoms with Crippen molar-refractivity contribution in [1.29, 1.82) is 0 Å². The summed E-state index contributed by atoms with van der Waals surface area (Å²) in [6, 6.07) is 6.47. The van der Waals surface area contributed by atoms with Gasteiger partial charge in [0.2, 0.25) is 0 Å². The molecule has 3 nitrogen and oxygen atoms in total. The number of halogens is 1. The van der Waals surface area contributed by atoms with Gasteiger partial charge in [0.05, 0.1) is 23.7 Å². The van der Waals surface area contributed by atoms with Crippen molar-refractivity contribution in [3.8, 4) is 0 Å². The number of benzene rings is 1. The van der Waals surface area contributed by atoms with Gasteiger partial charge in [-0.05, 0) is 25.5 Å². The summed E-state index contributed by atoms with van der Waals surface area (Å²) in [6.07, 6.45) is 0.781. The summed E-state index contributed by atoms with van der Waals surface area (Å²) in [4.78, 5) is 4.69. The molecule has 1 aromatic carbocycles. The van der Waals surface area contributed by atoms with E-state index in [1.165, 1.54) is 11.1 Å². The zero-order chi connectivity index (χ0) is 13.1. The third-order valence-corrected chi connectivity index (χ3v) is 3.34. The van der Waals surface area contributed by atoms with Gasteiger partial charge in [-0.2, -0.15) is 0 Å². The van der Waals surface area contributed by atoms with E-state index in [2.05, 4.69) is 35.5 Å². The number of nitrogens with zero attached hydrogens (tertiary/aromatic N) is 2. The van der Waals surface area contributed by atoms with Crippen LogP contribution in [0.2, 0.25) is 0 Å². The summed E-state index contributed by atoms with van der Waals surface area (Å²) in [5, 5.41) is 0. The molecule has 2 aromatic rings. The van der Waals surface area contributed by atoms with Crippen molar-refractivity contribution in [1.82, 2.24) is 9.55 Å². The molecule has 2 rings (SSSR count). The van der Waals surface area contributed by atoms with E-state index < -0.39 is 0 Å². The first-order valence-electron chi connectivity index (χ1n) is 6.20. The molecule has 1 unspecified atom stereocenters. The summed E-state index contributed by atoms with van der Waals surface area (Å²) >= 11 is 5.87. The molecule has 0 saturated heterocycles. The molecule has 98 valence electrons. The van der Waals surface area contributed by atoms with E-state index in [0.29, 0.717) is 12.5 Å². The Balaban J connectivity index is 2.60. The summed E-state index contributed by atoms with van der Waals surface area (Å²) in [5.41, 5.74) is 3.48. The van der Waals surface area contributed by atoms with Crippen molar-refractivity contribution in [3.05, 3.63) is 29.6 Å². The molecular weight excluding hydrogens is 248 g/mol. The zero-order valence-corrected chi connectivity index (χ0v) is 11.9. The van der Waals surface area contributed by atoms with Gasteiger partial charge in [-0.3, -0.25) is 0 Å². The number of aryl methyl sites for hydroxylation is 2. The van der Waals surface area contributed by atoms with Gasteiger partial charge >= 0.3 is 0 Å². The van der Waals surface area contributed by atoms with Crippen LogP contribution in [0.3, 0.4) is 0 Å². The lowest BCUT2D eigenvalue weighted by atomic mass is 10.2. The highest BCUT2D eigenvalue weighted by Crippen LogP contribution is 2.24. The number of fused-ring (bicyclic) bond motifs is 1. The van der Waals surface area contributed by atoms with Crippen LogP contribution >= 0.6 is 11.6 Å². The van der Waals surface area contributed by atoms with Crippen molar-refractivity contribution in [2.75, 3.05) is 19.6 Å². The van der Waals surface area contributed by atoms with Crippen LogP contribution in [0.1, 0.15) is 24.4 Å². The number of hydrogen-bond acceptors (Lipinski definition) is 2. The zero-order valence-electron chi connectivity index (χ0n) is 11.1. The van der Waals surface area contributed by atoms with Gasteiger partial charge in [-0.25, -0.2) is 4.98 Å².